The second kappa shape index (κ2) is 7.45. The van der Waals surface area contributed by atoms with E-state index in [2.05, 4.69) is 15.8 Å². The van der Waals surface area contributed by atoms with Crippen molar-refractivity contribution in [3.63, 3.8) is 0 Å². The lowest BCUT2D eigenvalue weighted by atomic mass is 10.2. The van der Waals surface area contributed by atoms with Crippen LogP contribution in [0.5, 0.6) is 0 Å². The van der Waals surface area contributed by atoms with Crippen LogP contribution in [0.2, 0.25) is 5.02 Å². The van der Waals surface area contributed by atoms with Crippen molar-refractivity contribution in [3.05, 3.63) is 64.7 Å². The fraction of sp³-hybridized carbons (Fsp3) is 0.125. The lowest BCUT2D eigenvalue weighted by Gasteiger charge is -2.05. The zero-order chi connectivity index (χ0) is 15.1. The Morgan fingerprint density at radius 2 is 2.05 bits per heavy atom. The number of hydrogen-bond donors (Lipinski definition) is 2. The van der Waals surface area contributed by atoms with E-state index in [1.54, 1.807) is 6.07 Å². The fourth-order valence-electron chi connectivity index (χ4n) is 1.73. The minimum atomic E-state index is -0.222. The van der Waals surface area contributed by atoms with Crippen LogP contribution in [0, 0.1) is 6.92 Å². The molecule has 0 fully saturated rings. The molecule has 4 nitrogen and oxygen atoms in total. The summed E-state index contributed by atoms with van der Waals surface area (Å²) < 4.78 is 0. The van der Waals surface area contributed by atoms with E-state index < -0.39 is 0 Å². The number of nitrogens with one attached hydrogen (secondary N) is 2. The lowest BCUT2D eigenvalue weighted by Crippen LogP contribution is -2.25. The van der Waals surface area contributed by atoms with Gasteiger partial charge in [0.25, 0.3) is 5.91 Å². The summed E-state index contributed by atoms with van der Waals surface area (Å²) in [5.41, 5.74) is 5.25. The Morgan fingerprint density at radius 3 is 2.81 bits per heavy atom. The van der Waals surface area contributed by atoms with Crippen LogP contribution in [-0.4, -0.2) is 18.7 Å². The van der Waals surface area contributed by atoms with Crippen molar-refractivity contribution < 1.29 is 4.79 Å². The zero-order valence-corrected chi connectivity index (χ0v) is 12.4. The molecule has 0 spiro atoms. The van der Waals surface area contributed by atoms with E-state index in [-0.39, 0.29) is 12.5 Å². The van der Waals surface area contributed by atoms with E-state index in [9.17, 15) is 4.79 Å². The highest BCUT2D eigenvalue weighted by atomic mass is 35.5. The topological polar surface area (TPSA) is 53.5 Å². The van der Waals surface area contributed by atoms with Gasteiger partial charge in [-0.15, -0.1) is 0 Å². The molecule has 0 radical (unpaired) electrons. The summed E-state index contributed by atoms with van der Waals surface area (Å²) in [5, 5.41) is 7.51. The van der Waals surface area contributed by atoms with Crippen molar-refractivity contribution in [2.45, 2.75) is 6.92 Å². The molecule has 0 aliphatic carbocycles. The Kier molecular flexibility index (Phi) is 5.35. The van der Waals surface area contributed by atoms with Gasteiger partial charge in [-0.05, 0) is 30.7 Å². The van der Waals surface area contributed by atoms with Crippen molar-refractivity contribution in [2.24, 2.45) is 5.10 Å². The van der Waals surface area contributed by atoms with E-state index >= 15 is 0 Å². The van der Waals surface area contributed by atoms with Crippen molar-refractivity contribution in [2.75, 3.05) is 11.9 Å². The molecule has 0 saturated carbocycles. The molecule has 0 atom stereocenters. The smallest absolute Gasteiger partial charge is 0.259 e. The van der Waals surface area contributed by atoms with Crippen LogP contribution in [0.3, 0.4) is 0 Å². The van der Waals surface area contributed by atoms with Crippen LogP contribution >= 0.6 is 11.6 Å². The van der Waals surface area contributed by atoms with Gasteiger partial charge in [0.2, 0.25) is 0 Å². The lowest BCUT2D eigenvalue weighted by molar-refractivity contribution is -0.119. The number of amides is 1. The number of anilines is 1. The summed E-state index contributed by atoms with van der Waals surface area (Å²) in [4.78, 5) is 11.7. The number of carbonyl (C=O) groups is 1. The van der Waals surface area contributed by atoms with Crippen molar-refractivity contribution in [3.8, 4) is 0 Å². The van der Waals surface area contributed by atoms with Gasteiger partial charge in [0.15, 0.2) is 0 Å². The summed E-state index contributed by atoms with van der Waals surface area (Å²) in [7, 11) is 0. The van der Waals surface area contributed by atoms with Gasteiger partial charge in [0.05, 0.1) is 12.8 Å². The first-order valence-corrected chi connectivity index (χ1v) is 6.90. The minimum absolute atomic E-state index is 0.156. The first kappa shape index (κ1) is 15.1. The number of carbonyl (C=O) groups excluding carboxylic acids is 1. The minimum Gasteiger partial charge on any atom is -0.376 e. The molecule has 2 aromatic carbocycles. The molecule has 0 bridgehead atoms. The Bertz CT molecular complexity index is 655. The average molecular weight is 302 g/mol. The third-order valence-corrected chi connectivity index (χ3v) is 3.11. The number of aryl methyl sites for hydroxylation is 1. The standard InChI is InChI=1S/C16H16ClN3O/c1-12-5-4-7-14(9-12)18-11-16(21)20-19-10-13-6-2-3-8-15(13)17/h2-10,18H,11H2,1H3,(H,20,21). The first-order valence-electron chi connectivity index (χ1n) is 6.52. The van der Waals surface area contributed by atoms with Crippen LogP contribution in [0.15, 0.2) is 53.6 Å². The van der Waals surface area contributed by atoms with E-state index in [4.69, 9.17) is 11.6 Å². The predicted molar refractivity (Wildman–Crippen MR) is 86.9 cm³/mol. The monoisotopic (exact) mass is 301 g/mol. The molecule has 0 saturated heterocycles. The van der Waals surface area contributed by atoms with Crippen molar-refractivity contribution in [1.29, 1.82) is 0 Å². The molecule has 1 amide bonds. The van der Waals surface area contributed by atoms with Crippen LogP contribution in [0.4, 0.5) is 5.69 Å². The first-order chi connectivity index (χ1) is 10.1. The summed E-state index contributed by atoms with van der Waals surface area (Å²) in [6.07, 6.45) is 1.52. The van der Waals surface area contributed by atoms with Crippen LogP contribution in [0.1, 0.15) is 11.1 Å². The van der Waals surface area contributed by atoms with Gasteiger partial charge in [0, 0.05) is 16.3 Å². The van der Waals surface area contributed by atoms with Gasteiger partial charge < -0.3 is 5.32 Å². The third-order valence-electron chi connectivity index (χ3n) is 2.77. The highest BCUT2D eigenvalue weighted by molar-refractivity contribution is 6.33. The molecule has 5 heteroatoms. The SMILES string of the molecule is Cc1cccc(NCC(=O)NN=Cc2ccccc2Cl)c1. The molecule has 0 unspecified atom stereocenters. The Morgan fingerprint density at radius 1 is 1.24 bits per heavy atom. The maximum Gasteiger partial charge on any atom is 0.259 e. The van der Waals surface area contributed by atoms with Crippen LogP contribution < -0.4 is 10.7 Å². The molecular formula is C16H16ClN3O. The van der Waals surface area contributed by atoms with Crippen LogP contribution in [0.25, 0.3) is 0 Å². The molecule has 2 rings (SSSR count). The molecule has 0 aliphatic heterocycles. The Balaban J connectivity index is 1.81. The second-order valence-electron chi connectivity index (χ2n) is 4.54. The quantitative estimate of drug-likeness (QED) is 0.658. The van der Waals surface area contributed by atoms with Gasteiger partial charge in [-0.2, -0.15) is 5.10 Å². The van der Waals surface area contributed by atoms with Gasteiger partial charge in [-0.3, -0.25) is 4.79 Å². The van der Waals surface area contributed by atoms with Gasteiger partial charge in [0.1, 0.15) is 0 Å². The summed E-state index contributed by atoms with van der Waals surface area (Å²) in [6, 6.07) is 15.1. The van der Waals surface area contributed by atoms with E-state index in [0.717, 1.165) is 16.8 Å². The molecule has 2 N–H and O–H groups in total. The van der Waals surface area contributed by atoms with Gasteiger partial charge >= 0.3 is 0 Å². The third kappa shape index (κ3) is 4.93. The highest BCUT2D eigenvalue weighted by Gasteiger charge is 2.00. The van der Waals surface area contributed by atoms with E-state index in [1.807, 2.05) is 49.4 Å². The molecule has 0 aliphatic rings. The number of nitrogens with zero attached hydrogens (tertiary/aromatic N) is 1. The van der Waals surface area contributed by atoms with Crippen molar-refractivity contribution >= 4 is 29.4 Å². The van der Waals surface area contributed by atoms with Crippen LogP contribution in [-0.2, 0) is 4.79 Å². The normalized spacial score (nSPS) is 10.6. The molecule has 0 aromatic heterocycles. The number of halogens is 1. The Labute approximate surface area is 128 Å². The molecule has 0 heterocycles. The summed E-state index contributed by atoms with van der Waals surface area (Å²) in [5.74, 6) is -0.222. The molecule has 108 valence electrons. The van der Waals surface area contributed by atoms with E-state index in [0.29, 0.717) is 5.02 Å². The van der Waals surface area contributed by atoms with Gasteiger partial charge in [-0.1, -0.05) is 41.9 Å². The predicted octanol–water partition coefficient (Wildman–Crippen LogP) is 3.21. The largest absolute Gasteiger partial charge is 0.376 e. The van der Waals surface area contributed by atoms with E-state index in [1.165, 1.54) is 6.21 Å². The number of hydrogen-bond acceptors (Lipinski definition) is 3. The highest BCUT2D eigenvalue weighted by Crippen LogP contribution is 2.12. The molecule has 21 heavy (non-hydrogen) atoms. The second-order valence-corrected chi connectivity index (χ2v) is 4.94. The number of benzene rings is 2. The van der Waals surface area contributed by atoms with Crippen molar-refractivity contribution in [1.82, 2.24) is 5.43 Å². The summed E-state index contributed by atoms with van der Waals surface area (Å²) in [6.45, 7) is 2.16. The summed E-state index contributed by atoms with van der Waals surface area (Å²) >= 11 is 5.98. The molecular weight excluding hydrogens is 286 g/mol. The van der Waals surface area contributed by atoms with Gasteiger partial charge in [-0.25, -0.2) is 5.43 Å². The zero-order valence-electron chi connectivity index (χ0n) is 11.6. The molecule has 2 aromatic rings. The number of rotatable bonds is 5. The average Bonchev–Trinajstić information content (AvgIpc) is 2.47. The maximum absolute atomic E-state index is 11.7. The number of hydrazone groups is 1. The maximum atomic E-state index is 11.7. The Hall–Kier alpha value is -2.33. The fourth-order valence-corrected chi connectivity index (χ4v) is 1.92.